The van der Waals surface area contributed by atoms with Gasteiger partial charge in [-0.05, 0) is 18.8 Å². The van der Waals surface area contributed by atoms with Crippen LogP contribution in [0.4, 0.5) is 4.79 Å². The number of nitrogens with one attached hydrogen (secondary N) is 3. The Morgan fingerprint density at radius 2 is 1.81 bits per heavy atom. The van der Waals surface area contributed by atoms with Gasteiger partial charge in [0, 0.05) is 12.8 Å². The summed E-state index contributed by atoms with van der Waals surface area (Å²) in [6.07, 6.45) is 3.93. The van der Waals surface area contributed by atoms with Crippen molar-refractivity contribution in [1.82, 2.24) is 10.2 Å². The summed E-state index contributed by atoms with van der Waals surface area (Å²) >= 11 is 0. The number of hydrogen-bond acceptors (Lipinski definition) is 2. The minimum Gasteiger partial charge on any atom is -0.337 e. The van der Waals surface area contributed by atoms with Crippen LogP contribution in [0.25, 0.3) is 0 Å². The van der Waals surface area contributed by atoms with Gasteiger partial charge in [-0.15, -0.1) is 0 Å². The van der Waals surface area contributed by atoms with Crippen LogP contribution in [0, 0.1) is 5.92 Å². The first-order chi connectivity index (χ1) is 10.00. The predicted octanol–water partition coefficient (Wildman–Crippen LogP) is -2.14. The third-order valence-electron chi connectivity index (χ3n) is 5.57. The van der Waals surface area contributed by atoms with E-state index in [4.69, 9.17) is 0 Å². The molecule has 3 rings (SSSR count). The average Bonchev–Trinajstić information content (AvgIpc) is 2.69. The number of nitrogens with zero attached hydrogens (tertiary/aromatic N) is 1. The standard InChI is InChI=1S/C15H26N4O2/c1-12-3-7-18(8-4-12)11-19-13(20)15(16-14(19)21)5-9-17(2)10-6-15/h12H,3-11H2,1-2H3,(H,16,21)/p+2. The van der Waals surface area contributed by atoms with Gasteiger partial charge < -0.3 is 15.1 Å². The lowest BCUT2D eigenvalue weighted by Gasteiger charge is -2.33. The zero-order valence-corrected chi connectivity index (χ0v) is 13.2. The Labute approximate surface area is 126 Å². The Kier molecular flexibility index (Phi) is 3.92. The number of carbonyl (C=O) groups is 2. The number of amides is 3. The van der Waals surface area contributed by atoms with E-state index in [1.54, 1.807) is 0 Å². The van der Waals surface area contributed by atoms with Gasteiger partial charge in [0.25, 0.3) is 5.91 Å². The van der Waals surface area contributed by atoms with Crippen molar-refractivity contribution in [3.63, 3.8) is 0 Å². The number of piperidine rings is 2. The SMILES string of the molecule is CC1CC[NH+](CN2C(=O)NC3(CC[NH+](C)CC3)C2=O)CC1. The van der Waals surface area contributed by atoms with Crippen molar-refractivity contribution in [3.05, 3.63) is 0 Å². The van der Waals surface area contributed by atoms with Crippen molar-refractivity contribution >= 4 is 11.9 Å². The molecule has 3 fully saturated rings. The maximum atomic E-state index is 12.8. The second-order valence-electron chi connectivity index (χ2n) is 7.29. The summed E-state index contributed by atoms with van der Waals surface area (Å²) in [6, 6.07) is -0.175. The fourth-order valence-corrected chi connectivity index (χ4v) is 3.81. The number of rotatable bonds is 2. The molecule has 0 unspecified atom stereocenters. The van der Waals surface area contributed by atoms with Crippen LogP contribution in [-0.4, -0.2) is 62.3 Å². The zero-order valence-electron chi connectivity index (χ0n) is 13.2. The van der Waals surface area contributed by atoms with E-state index in [0.717, 1.165) is 44.9 Å². The molecule has 0 bridgehead atoms. The third-order valence-corrected chi connectivity index (χ3v) is 5.57. The normalized spacial score (nSPS) is 40.7. The third kappa shape index (κ3) is 2.79. The van der Waals surface area contributed by atoms with Crippen LogP contribution in [0.15, 0.2) is 0 Å². The largest absolute Gasteiger partial charge is 0.337 e. The maximum absolute atomic E-state index is 12.8. The molecule has 3 amide bonds. The van der Waals surface area contributed by atoms with E-state index in [9.17, 15) is 9.59 Å². The van der Waals surface area contributed by atoms with Gasteiger partial charge in [0.15, 0.2) is 6.67 Å². The number of imide groups is 1. The van der Waals surface area contributed by atoms with Crippen LogP contribution in [0.1, 0.15) is 32.6 Å². The first kappa shape index (κ1) is 14.8. The van der Waals surface area contributed by atoms with E-state index in [1.165, 1.54) is 27.5 Å². The molecule has 6 nitrogen and oxygen atoms in total. The van der Waals surface area contributed by atoms with E-state index in [0.29, 0.717) is 6.67 Å². The molecule has 0 aromatic heterocycles. The predicted molar refractivity (Wildman–Crippen MR) is 77.9 cm³/mol. The zero-order chi connectivity index (χ0) is 15.0. The summed E-state index contributed by atoms with van der Waals surface area (Å²) in [4.78, 5) is 29.3. The van der Waals surface area contributed by atoms with Crippen molar-refractivity contribution in [2.75, 3.05) is 39.9 Å². The molecule has 6 heteroatoms. The van der Waals surface area contributed by atoms with Gasteiger partial charge in [0.05, 0.1) is 33.2 Å². The highest BCUT2D eigenvalue weighted by molar-refractivity contribution is 6.06. The highest BCUT2D eigenvalue weighted by atomic mass is 16.2. The summed E-state index contributed by atoms with van der Waals surface area (Å²) < 4.78 is 0. The second kappa shape index (κ2) is 5.57. The first-order valence-corrected chi connectivity index (χ1v) is 8.29. The monoisotopic (exact) mass is 296 g/mol. The summed E-state index contributed by atoms with van der Waals surface area (Å²) in [5.41, 5.74) is -0.598. The van der Waals surface area contributed by atoms with Crippen molar-refractivity contribution in [2.45, 2.75) is 38.1 Å². The molecule has 118 valence electrons. The van der Waals surface area contributed by atoms with Crippen LogP contribution >= 0.6 is 0 Å². The topological polar surface area (TPSA) is 58.3 Å². The average molecular weight is 296 g/mol. The lowest BCUT2D eigenvalue weighted by Crippen LogP contribution is -3.14. The number of quaternary nitrogens is 2. The van der Waals surface area contributed by atoms with Crippen LogP contribution in [0.3, 0.4) is 0 Å². The highest BCUT2D eigenvalue weighted by Gasteiger charge is 2.54. The molecule has 0 saturated carbocycles. The molecule has 0 aliphatic carbocycles. The molecule has 3 saturated heterocycles. The van der Waals surface area contributed by atoms with Gasteiger partial charge in [0.2, 0.25) is 0 Å². The number of likely N-dealkylation sites (tertiary alicyclic amines) is 2. The van der Waals surface area contributed by atoms with Gasteiger partial charge in [-0.1, -0.05) is 6.92 Å². The van der Waals surface area contributed by atoms with Crippen molar-refractivity contribution in [3.8, 4) is 0 Å². The first-order valence-electron chi connectivity index (χ1n) is 8.29. The minimum absolute atomic E-state index is 0.0196. The molecule has 3 aliphatic rings. The van der Waals surface area contributed by atoms with Crippen LogP contribution in [0.5, 0.6) is 0 Å². The van der Waals surface area contributed by atoms with Crippen molar-refractivity contribution < 1.29 is 19.4 Å². The molecule has 0 radical (unpaired) electrons. The Morgan fingerprint density at radius 1 is 1.19 bits per heavy atom. The van der Waals surface area contributed by atoms with Gasteiger partial charge in [-0.25, -0.2) is 9.69 Å². The number of hydrogen-bond donors (Lipinski definition) is 3. The van der Waals surface area contributed by atoms with E-state index in [-0.39, 0.29) is 11.9 Å². The molecular weight excluding hydrogens is 268 g/mol. The summed E-state index contributed by atoms with van der Waals surface area (Å²) in [5.74, 6) is 0.797. The van der Waals surface area contributed by atoms with E-state index < -0.39 is 5.54 Å². The van der Waals surface area contributed by atoms with Crippen LogP contribution < -0.4 is 15.1 Å². The van der Waals surface area contributed by atoms with Gasteiger partial charge in [0.1, 0.15) is 5.54 Å². The molecule has 0 atom stereocenters. The van der Waals surface area contributed by atoms with Gasteiger partial charge >= 0.3 is 6.03 Å². The van der Waals surface area contributed by atoms with E-state index >= 15 is 0 Å². The summed E-state index contributed by atoms with van der Waals surface area (Å²) in [6.45, 7) is 6.86. The maximum Gasteiger partial charge on any atom is 0.329 e. The van der Waals surface area contributed by atoms with Crippen molar-refractivity contribution in [1.29, 1.82) is 0 Å². The summed E-state index contributed by atoms with van der Waals surface area (Å²) in [5, 5.41) is 3.00. The van der Waals surface area contributed by atoms with Crippen LogP contribution in [-0.2, 0) is 4.79 Å². The Bertz CT molecular complexity index is 423. The molecule has 0 aromatic rings. The Balaban J connectivity index is 1.64. The van der Waals surface area contributed by atoms with Crippen LogP contribution in [0.2, 0.25) is 0 Å². The molecule has 1 spiro atoms. The number of urea groups is 1. The molecule has 0 aromatic carbocycles. The molecule has 21 heavy (non-hydrogen) atoms. The molecule has 3 aliphatic heterocycles. The van der Waals surface area contributed by atoms with E-state index in [2.05, 4.69) is 19.3 Å². The van der Waals surface area contributed by atoms with Crippen molar-refractivity contribution in [2.24, 2.45) is 5.92 Å². The fraction of sp³-hybridized carbons (Fsp3) is 0.867. The Morgan fingerprint density at radius 3 is 2.43 bits per heavy atom. The quantitative estimate of drug-likeness (QED) is 0.509. The molecule has 3 heterocycles. The highest BCUT2D eigenvalue weighted by Crippen LogP contribution is 2.25. The van der Waals surface area contributed by atoms with Gasteiger partial charge in [-0.3, -0.25) is 4.79 Å². The number of carbonyl (C=O) groups excluding carboxylic acids is 2. The minimum atomic E-state index is -0.598. The molecular formula is C15H28N4O2+2. The van der Waals surface area contributed by atoms with E-state index in [1.807, 2.05) is 0 Å². The lowest BCUT2D eigenvalue weighted by molar-refractivity contribution is -0.913. The van der Waals surface area contributed by atoms with Gasteiger partial charge in [-0.2, -0.15) is 0 Å². The summed E-state index contributed by atoms with van der Waals surface area (Å²) in [7, 11) is 2.14. The Hall–Kier alpha value is -1.14. The smallest absolute Gasteiger partial charge is 0.329 e. The second-order valence-corrected chi connectivity index (χ2v) is 7.29. The fourth-order valence-electron chi connectivity index (χ4n) is 3.81. The molecule has 3 N–H and O–H groups in total. The lowest BCUT2D eigenvalue weighted by atomic mass is 9.88.